The van der Waals surface area contributed by atoms with Crippen LogP contribution in [0.2, 0.25) is 0 Å². The summed E-state index contributed by atoms with van der Waals surface area (Å²) in [5, 5.41) is 0. The van der Waals surface area contributed by atoms with Gasteiger partial charge in [-0.25, -0.2) is 15.0 Å². The summed E-state index contributed by atoms with van der Waals surface area (Å²) in [5.41, 5.74) is 7.71. The molecule has 3 heterocycles. The molecule has 1 fully saturated rings. The summed E-state index contributed by atoms with van der Waals surface area (Å²) in [6.07, 6.45) is 9.02. The maximum Gasteiger partial charge on any atom is 0.262 e. The lowest BCUT2D eigenvalue weighted by Crippen LogP contribution is -2.53. The number of benzene rings is 1. The first-order chi connectivity index (χ1) is 13.1. The standard InChI is InChI=1S/C20H21N5O2/c1-25-18(26)20(24-19(25)21)14-4-2-3-5-16(14)27-17-7-6-12(8-15(17)20)13-9-22-11-23-10-13/h6-11,14,16H,2-5H2,1H3,(H2,21,24)/t14-,16?,20?/m0/s1. The number of hydrogen-bond donors (Lipinski definition) is 1. The van der Waals surface area contributed by atoms with Crippen LogP contribution in [-0.4, -0.2) is 39.9 Å². The summed E-state index contributed by atoms with van der Waals surface area (Å²) in [6.45, 7) is 0. The average Bonchev–Trinajstić information content (AvgIpc) is 2.94. The number of rotatable bonds is 1. The van der Waals surface area contributed by atoms with E-state index in [1.54, 1.807) is 19.4 Å². The highest BCUT2D eigenvalue weighted by molar-refractivity contribution is 6.07. The second-order valence-electron chi connectivity index (χ2n) is 7.49. The van der Waals surface area contributed by atoms with Gasteiger partial charge in [-0.15, -0.1) is 0 Å². The fourth-order valence-corrected chi connectivity index (χ4v) is 4.72. The molecule has 3 aliphatic rings. The van der Waals surface area contributed by atoms with Crippen molar-refractivity contribution >= 4 is 11.9 Å². The maximum atomic E-state index is 13.4. The van der Waals surface area contributed by atoms with Gasteiger partial charge in [-0.05, 0) is 37.0 Å². The van der Waals surface area contributed by atoms with Crippen LogP contribution in [0.1, 0.15) is 31.2 Å². The highest BCUT2D eigenvalue weighted by atomic mass is 16.5. The van der Waals surface area contributed by atoms with Crippen molar-refractivity contribution in [3.8, 4) is 16.9 Å². The van der Waals surface area contributed by atoms with E-state index >= 15 is 0 Å². The maximum absolute atomic E-state index is 13.4. The van der Waals surface area contributed by atoms with Crippen molar-refractivity contribution in [3.05, 3.63) is 42.5 Å². The Morgan fingerprint density at radius 3 is 2.70 bits per heavy atom. The SMILES string of the molecule is CN1C(=O)C2(N=C1N)c1cc(-c3cncnc3)ccc1OC1CCCC[C@@H]12. The van der Waals surface area contributed by atoms with Crippen molar-refractivity contribution in [1.82, 2.24) is 14.9 Å². The van der Waals surface area contributed by atoms with Crippen LogP contribution >= 0.6 is 0 Å². The molecule has 1 amide bonds. The molecule has 7 nitrogen and oxygen atoms in total. The van der Waals surface area contributed by atoms with E-state index in [-0.39, 0.29) is 23.9 Å². The van der Waals surface area contributed by atoms with Gasteiger partial charge in [-0.3, -0.25) is 9.69 Å². The molecule has 0 radical (unpaired) electrons. The Labute approximate surface area is 157 Å². The van der Waals surface area contributed by atoms with Gasteiger partial charge in [-0.1, -0.05) is 12.5 Å². The number of ether oxygens (including phenoxy) is 1. The van der Waals surface area contributed by atoms with Crippen molar-refractivity contribution in [1.29, 1.82) is 0 Å². The van der Waals surface area contributed by atoms with Gasteiger partial charge in [0.1, 0.15) is 18.2 Å². The van der Waals surface area contributed by atoms with Crippen LogP contribution in [-0.2, 0) is 10.3 Å². The number of aliphatic imine (C=N–C) groups is 1. The quantitative estimate of drug-likeness (QED) is 0.837. The number of carbonyl (C=O) groups is 1. The van der Waals surface area contributed by atoms with Crippen molar-refractivity contribution in [3.63, 3.8) is 0 Å². The van der Waals surface area contributed by atoms with E-state index in [2.05, 4.69) is 9.97 Å². The van der Waals surface area contributed by atoms with E-state index in [0.717, 1.165) is 48.1 Å². The number of fused-ring (bicyclic) bond motifs is 4. The topological polar surface area (TPSA) is 93.7 Å². The molecule has 1 aromatic carbocycles. The Kier molecular flexibility index (Phi) is 3.47. The summed E-state index contributed by atoms with van der Waals surface area (Å²) < 4.78 is 6.32. The van der Waals surface area contributed by atoms with Crippen molar-refractivity contribution in [2.24, 2.45) is 16.6 Å². The Bertz CT molecular complexity index is 945. The zero-order valence-electron chi connectivity index (χ0n) is 15.1. The van der Waals surface area contributed by atoms with Crippen molar-refractivity contribution in [2.45, 2.75) is 37.3 Å². The van der Waals surface area contributed by atoms with Gasteiger partial charge in [0.25, 0.3) is 5.91 Å². The summed E-state index contributed by atoms with van der Waals surface area (Å²) >= 11 is 0. The summed E-state index contributed by atoms with van der Waals surface area (Å²) in [7, 11) is 1.69. The molecular weight excluding hydrogens is 342 g/mol. The molecule has 1 saturated carbocycles. The molecule has 2 N–H and O–H groups in total. The molecule has 5 rings (SSSR count). The molecular formula is C20H21N5O2. The third-order valence-corrected chi connectivity index (χ3v) is 6.07. The van der Waals surface area contributed by atoms with Crippen LogP contribution in [0.5, 0.6) is 5.75 Å². The minimum Gasteiger partial charge on any atom is -0.490 e. The Morgan fingerprint density at radius 1 is 1.19 bits per heavy atom. The minimum atomic E-state index is -0.997. The molecule has 7 heteroatoms. The number of carbonyl (C=O) groups excluding carboxylic acids is 1. The molecule has 2 aromatic rings. The first kappa shape index (κ1) is 16.2. The fraction of sp³-hybridized carbons (Fsp3) is 0.400. The first-order valence-corrected chi connectivity index (χ1v) is 9.31. The highest BCUT2D eigenvalue weighted by Crippen LogP contribution is 2.53. The molecule has 138 valence electrons. The Morgan fingerprint density at radius 2 is 1.96 bits per heavy atom. The minimum absolute atomic E-state index is 0.00276. The largest absolute Gasteiger partial charge is 0.490 e. The van der Waals surface area contributed by atoms with E-state index in [4.69, 9.17) is 15.5 Å². The van der Waals surface area contributed by atoms with Gasteiger partial charge < -0.3 is 10.5 Å². The third kappa shape index (κ3) is 2.20. The number of guanidine groups is 1. The average molecular weight is 363 g/mol. The molecule has 2 unspecified atom stereocenters. The number of amides is 1. The van der Waals surface area contributed by atoms with Crippen LogP contribution in [0.25, 0.3) is 11.1 Å². The van der Waals surface area contributed by atoms with Gasteiger partial charge in [0, 0.05) is 36.5 Å². The zero-order valence-corrected chi connectivity index (χ0v) is 15.1. The lowest BCUT2D eigenvalue weighted by Gasteiger charge is -2.46. The Hall–Kier alpha value is -2.96. The van der Waals surface area contributed by atoms with E-state index in [1.165, 1.54) is 11.2 Å². The van der Waals surface area contributed by atoms with E-state index in [0.29, 0.717) is 0 Å². The lowest BCUT2D eigenvalue weighted by atomic mass is 9.67. The molecule has 1 spiro atoms. The summed E-state index contributed by atoms with van der Waals surface area (Å²) in [5.74, 6) is 0.921. The zero-order chi connectivity index (χ0) is 18.6. The number of hydrogen-bond acceptors (Lipinski definition) is 6. The predicted octanol–water partition coefficient (Wildman–Crippen LogP) is 2.08. The van der Waals surface area contributed by atoms with Crippen LogP contribution in [0.3, 0.4) is 0 Å². The van der Waals surface area contributed by atoms with E-state index < -0.39 is 5.54 Å². The first-order valence-electron chi connectivity index (χ1n) is 9.31. The molecule has 1 aromatic heterocycles. The van der Waals surface area contributed by atoms with Gasteiger partial charge in [0.2, 0.25) is 0 Å². The predicted molar refractivity (Wildman–Crippen MR) is 99.9 cm³/mol. The van der Waals surface area contributed by atoms with Crippen molar-refractivity contribution < 1.29 is 9.53 Å². The van der Waals surface area contributed by atoms with Crippen LogP contribution < -0.4 is 10.5 Å². The smallest absolute Gasteiger partial charge is 0.262 e. The number of likely N-dealkylation sites (N-methyl/N-ethyl adjacent to an activating group) is 1. The second-order valence-corrected chi connectivity index (χ2v) is 7.49. The molecule has 27 heavy (non-hydrogen) atoms. The monoisotopic (exact) mass is 363 g/mol. The fourth-order valence-electron chi connectivity index (χ4n) is 4.72. The summed E-state index contributed by atoms with van der Waals surface area (Å²) in [4.78, 5) is 27.8. The number of aromatic nitrogens is 2. The molecule has 0 bridgehead atoms. The van der Waals surface area contributed by atoms with Crippen LogP contribution in [0.15, 0.2) is 41.9 Å². The normalized spacial score (nSPS) is 29.1. The highest BCUT2D eigenvalue weighted by Gasteiger charge is 2.60. The van der Waals surface area contributed by atoms with Gasteiger partial charge in [0.15, 0.2) is 11.5 Å². The third-order valence-electron chi connectivity index (χ3n) is 6.07. The summed E-state index contributed by atoms with van der Waals surface area (Å²) in [6, 6.07) is 5.90. The van der Waals surface area contributed by atoms with Crippen LogP contribution in [0.4, 0.5) is 0 Å². The molecule has 2 aliphatic heterocycles. The van der Waals surface area contributed by atoms with Gasteiger partial charge >= 0.3 is 0 Å². The van der Waals surface area contributed by atoms with E-state index in [9.17, 15) is 4.79 Å². The van der Waals surface area contributed by atoms with E-state index in [1.807, 2.05) is 18.2 Å². The molecule has 1 aliphatic carbocycles. The molecule has 3 atom stereocenters. The lowest BCUT2D eigenvalue weighted by molar-refractivity contribution is -0.136. The molecule has 0 saturated heterocycles. The van der Waals surface area contributed by atoms with Crippen LogP contribution in [0, 0.1) is 5.92 Å². The Balaban J connectivity index is 1.73. The van der Waals surface area contributed by atoms with Gasteiger partial charge in [-0.2, -0.15) is 0 Å². The second kappa shape index (κ2) is 5.77. The number of nitrogens with two attached hydrogens (primary N) is 1. The van der Waals surface area contributed by atoms with Crippen molar-refractivity contribution in [2.75, 3.05) is 7.05 Å². The number of nitrogens with zero attached hydrogens (tertiary/aromatic N) is 4. The van der Waals surface area contributed by atoms with Gasteiger partial charge in [0.05, 0.1) is 0 Å².